The third kappa shape index (κ3) is 2.09. The van der Waals surface area contributed by atoms with Crippen molar-refractivity contribution < 1.29 is 9.90 Å². The third-order valence-electron chi connectivity index (χ3n) is 4.43. The summed E-state index contributed by atoms with van der Waals surface area (Å²) in [6.07, 6.45) is 4.71. The normalized spacial score (nSPS) is 20.6. The van der Waals surface area contributed by atoms with E-state index in [1.54, 1.807) is 11.0 Å². The summed E-state index contributed by atoms with van der Waals surface area (Å²) in [6, 6.07) is 3.04. The van der Waals surface area contributed by atoms with Crippen LogP contribution < -0.4 is 0 Å². The van der Waals surface area contributed by atoms with Gasteiger partial charge < -0.3 is 10.0 Å². The Morgan fingerprint density at radius 2 is 1.89 bits per heavy atom. The van der Waals surface area contributed by atoms with Crippen LogP contribution in [0.25, 0.3) is 0 Å². The monoisotopic (exact) mass is 299 g/mol. The molecule has 0 radical (unpaired) electrons. The van der Waals surface area contributed by atoms with Crippen LogP contribution in [0, 0.1) is 5.41 Å². The minimum absolute atomic E-state index is 0.130. The number of rotatable bonds is 1. The van der Waals surface area contributed by atoms with Crippen LogP contribution in [0.4, 0.5) is 0 Å². The maximum absolute atomic E-state index is 12.5. The molecule has 2 fully saturated rings. The number of amides is 1. The Morgan fingerprint density at radius 1 is 1.21 bits per heavy atom. The van der Waals surface area contributed by atoms with Gasteiger partial charge in [0.1, 0.15) is 11.3 Å². The van der Waals surface area contributed by atoms with Crippen molar-refractivity contribution in [1.29, 1.82) is 0 Å². The minimum Gasteiger partial charge on any atom is -0.505 e. The second kappa shape index (κ2) is 4.57. The van der Waals surface area contributed by atoms with Crippen LogP contribution in [0.15, 0.2) is 12.1 Å². The van der Waals surface area contributed by atoms with Gasteiger partial charge in [-0.3, -0.25) is 4.79 Å². The van der Waals surface area contributed by atoms with E-state index in [4.69, 9.17) is 23.2 Å². The Labute approximate surface area is 122 Å². The first-order valence-electron chi connectivity index (χ1n) is 6.49. The summed E-state index contributed by atoms with van der Waals surface area (Å²) in [4.78, 5) is 14.3. The fourth-order valence-corrected chi connectivity index (χ4v) is 3.49. The number of carbonyl (C=O) groups excluding carboxylic acids is 1. The standard InChI is InChI=1S/C14H15Cl2NO2/c15-9-2-3-10(16)12(18)11(9)13(19)17-7-6-14(8-17)4-1-5-14/h2-3,18H,1,4-8H2. The minimum atomic E-state index is -0.214. The van der Waals surface area contributed by atoms with Crippen molar-refractivity contribution in [3.05, 3.63) is 27.7 Å². The van der Waals surface area contributed by atoms with Gasteiger partial charge in [0.15, 0.2) is 0 Å². The van der Waals surface area contributed by atoms with Gasteiger partial charge in [-0.25, -0.2) is 0 Å². The predicted molar refractivity (Wildman–Crippen MR) is 74.9 cm³/mol. The van der Waals surface area contributed by atoms with E-state index in [2.05, 4.69) is 0 Å². The van der Waals surface area contributed by atoms with Crippen LogP contribution >= 0.6 is 23.2 Å². The average Bonchev–Trinajstić information content (AvgIpc) is 2.79. The van der Waals surface area contributed by atoms with Gasteiger partial charge in [-0.15, -0.1) is 0 Å². The van der Waals surface area contributed by atoms with Gasteiger partial charge >= 0.3 is 0 Å². The number of halogens is 2. The maximum atomic E-state index is 12.5. The smallest absolute Gasteiger partial charge is 0.259 e. The molecule has 0 bridgehead atoms. The Hall–Kier alpha value is -0.930. The lowest BCUT2D eigenvalue weighted by atomic mass is 9.68. The number of carbonyl (C=O) groups is 1. The Kier molecular flexibility index (Phi) is 3.14. The zero-order valence-electron chi connectivity index (χ0n) is 10.5. The summed E-state index contributed by atoms with van der Waals surface area (Å²) >= 11 is 11.9. The molecule has 1 N–H and O–H groups in total. The highest BCUT2D eigenvalue weighted by Gasteiger charge is 2.44. The van der Waals surface area contributed by atoms with Crippen molar-refractivity contribution in [3.8, 4) is 5.75 Å². The molecule has 102 valence electrons. The van der Waals surface area contributed by atoms with Gasteiger partial charge in [0.25, 0.3) is 5.91 Å². The third-order valence-corrected chi connectivity index (χ3v) is 5.05. The van der Waals surface area contributed by atoms with Crippen molar-refractivity contribution >= 4 is 29.1 Å². The SMILES string of the molecule is O=C(c1c(Cl)ccc(Cl)c1O)N1CCC2(CCC2)C1. The van der Waals surface area contributed by atoms with Crippen molar-refractivity contribution in [2.24, 2.45) is 5.41 Å². The molecule has 2 aliphatic rings. The molecule has 19 heavy (non-hydrogen) atoms. The first kappa shape index (κ1) is 13.1. The summed E-state index contributed by atoms with van der Waals surface area (Å²) in [5.74, 6) is -0.428. The summed E-state index contributed by atoms with van der Waals surface area (Å²) in [5.41, 5.74) is 0.460. The van der Waals surface area contributed by atoms with E-state index in [-0.39, 0.29) is 27.3 Å². The number of likely N-dealkylation sites (tertiary alicyclic amines) is 1. The van der Waals surface area contributed by atoms with E-state index >= 15 is 0 Å². The van der Waals surface area contributed by atoms with Crippen molar-refractivity contribution in [1.82, 2.24) is 4.90 Å². The Balaban J connectivity index is 1.87. The van der Waals surface area contributed by atoms with Gasteiger partial charge in [-0.2, -0.15) is 0 Å². The lowest BCUT2D eigenvalue weighted by molar-refractivity contribution is 0.0729. The van der Waals surface area contributed by atoms with Crippen LogP contribution in [0.2, 0.25) is 10.0 Å². The molecule has 0 atom stereocenters. The number of hydrogen-bond acceptors (Lipinski definition) is 2. The van der Waals surface area contributed by atoms with Crippen LogP contribution in [0.5, 0.6) is 5.75 Å². The van der Waals surface area contributed by atoms with Gasteiger partial charge in [0, 0.05) is 13.1 Å². The van der Waals surface area contributed by atoms with E-state index in [1.807, 2.05) is 0 Å². The van der Waals surface area contributed by atoms with Crippen LogP contribution in [-0.2, 0) is 0 Å². The molecule has 1 heterocycles. The molecule has 3 nitrogen and oxygen atoms in total. The predicted octanol–water partition coefficient (Wildman–Crippen LogP) is 3.72. The average molecular weight is 300 g/mol. The van der Waals surface area contributed by atoms with Gasteiger partial charge in [-0.05, 0) is 36.8 Å². The molecule has 0 aromatic heterocycles. The Bertz CT molecular complexity index is 540. The molecule has 1 spiro atoms. The molecule has 1 amide bonds. The van der Waals surface area contributed by atoms with E-state index < -0.39 is 0 Å². The van der Waals surface area contributed by atoms with Crippen molar-refractivity contribution in [2.45, 2.75) is 25.7 Å². The van der Waals surface area contributed by atoms with Gasteiger partial charge in [0.05, 0.1) is 10.0 Å². The first-order valence-corrected chi connectivity index (χ1v) is 7.24. The van der Waals surface area contributed by atoms with Gasteiger partial charge in [-0.1, -0.05) is 29.6 Å². The lowest BCUT2D eigenvalue weighted by Crippen LogP contribution is -2.36. The van der Waals surface area contributed by atoms with E-state index in [9.17, 15) is 9.90 Å². The van der Waals surface area contributed by atoms with E-state index in [0.717, 1.165) is 19.5 Å². The molecule has 3 rings (SSSR count). The molecule has 1 aromatic carbocycles. The molecule has 1 saturated heterocycles. The summed E-state index contributed by atoms with van der Waals surface area (Å²) in [6.45, 7) is 1.51. The fraction of sp³-hybridized carbons (Fsp3) is 0.500. The molecular weight excluding hydrogens is 285 g/mol. The lowest BCUT2D eigenvalue weighted by Gasteiger charge is -2.38. The number of hydrogen-bond donors (Lipinski definition) is 1. The second-order valence-electron chi connectivity index (χ2n) is 5.58. The highest BCUT2D eigenvalue weighted by molar-refractivity contribution is 6.37. The highest BCUT2D eigenvalue weighted by Crippen LogP contribution is 2.48. The topological polar surface area (TPSA) is 40.5 Å². The molecule has 5 heteroatoms. The Morgan fingerprint density at radius 3 is 2.47 bits per heavy atom. The van der Waals surface area contributed by atoms with Crippen molar-refractivity contribution in [3.63, 3.8) is 0 Å². The number of aromatic hydroxyl groups is 1. The quantitative estimate of drug-likeness (QED) is 0.858. The number of nitrogens with zero attached hydrogens (tertiary/aromatic N) is 1. The first-order chi connectivity index (χ1) is 9.02. The summed E-state index contributed by atoms with van der Waals surface area (Å²) < 4.78 is 0. The number of benzene rings is 1. The fourth-order valence-electron chi connectivity index (χ4n) is 3.10. The summed E-state index contributed by atoms with van der Waals surface area (Å²) in [7, 11) is 0. The van der Waals surface area contributed by atoms with E-state index in [1.165, 1.54) is 25.3 Å². The van der Waals surface area contributed by atoms with Gasteiger partial charge in [0.2, 0.25) is 0 Å². The summed E-state index contributed by atoms with van der Waals surface area (Å²) in [5, 5.41) is 10.4. The molecule has 0 unspecified atom stereocenters. The van der Waals surface area contributed by atoms with Crippen molar-refractivity contribution in [2.75, 3.05) is 13.1 Å². The molecule has 1 aliphatic heterocycles. The molecular formula is C14H15Cl2NO2. The zero-order chi connectivity index (χ0) is 13.6. The van der Waals surface area contributed by atoms with Crippen LogP contribution in [0.1, 0.15) is 36.0 Å². The second-order valence-corrected chi connectivity index (χ2v) is 6.40. The highest BCUT2D eigenvalue weighted by atomic mass is 35.5. The maximum Gasteiger partial charge on any atom is 0.259 e. The number of phenolic OH excluding ortho intramolecular Hbond substituents is 1. The number of phenols is 1. The molecule has 1 aliphatic carbocycles. The molecule has 1 aromatic rings. The van der Waals surface area contributed by atoms with Crippen LogP contribution in [0.3, 0.4) is 0 Å². The van der Waals surface area contributed by atoms with Crippen LogP contribution in [-0.4, -0.2) is 29.0 Å². The zero-order valence-corrected chi connectivity index (χ0v) is 12.0. The molecule has 1 saturated carbocycles. The van der Waals surface area contributed by atoms with E-state index in [0.29, 0.717) is 5.41 Å². The largest absolute Gasteiger partial charge is 0.505 e.